The maximum absolute atomic E-state index is 12.7. The van der Waals surface area contributed by atoms with Crippen LogP contribution in [0.4, 0.5) is 0 Å². The molecule has 1 aromatic rings. The summed E-state index contributed by atoms with van der Waals surface area (Å²) in [6, 6.07) is 6.93. The Labute approximate surface area is 122 Å². The van der Waals surface area contributed by atoms with Crippen LogP contribution >= 0.6 is 0 Å². The number of hydrogen-bond acceptors (Lipinski definition) is 2. The SMILES string of the molecule is C=CC(=C)CN(CCCC)S(=O)(=O)c1ccc(C)cc1. The summed E-state index contributed by atoms with van der Waals surface area (Å²) in [6.45, 7) is 12.2. The van der Waals surface area contributed by atoms with Crippen LogP contribution in [0.3, 0.4) is 0 Å². The Bertz CT molecular complexity index is 559. The molecule has 0 aliphatic rings. The third kappa shape index (κ3) is 4.32. The number of rotatable bonds is 8. The minimum atomic E-state index is -3.47. The highest BCUT2D eigenvalue weighted by atomic mass is 32.2. The van der Waals surface area contributed by atoms with E-state index in [4.69, 9.17) is 0 Å². The number of sulfonamides is 1. The molecule has 1 aromatic carbocycles. The van der Waals surface area contributed by atoms with E-state index in [1.54, 1.807) is 18.2 Å². The van der Waals surface area contributed by atoms with Gasteiger partial charge in [-0.2, -0.15) is 4.31 Å². The molecule has 0 aromatic heterocycles. The van der Waals surface area contributed by atoms with Crippen LogP contribution < -0.4 is 0 Å². The Morgan fingerprint density at radius 2 is 1.90 bits per heavy atom. The van der Waals surface area contributed by atoms with Gasteiger partial charge in [-0.1, -0.05) is 50.3 Å². The van der Waals surface area contributed by atoms with Crippen LogP contribution in [0.5, 0.6) is 0 Å². The second-order valence-electron chi connectivity index (χ2n) is 4.87. The van der Waals surface area contributed by atoms with Gasteiger partial charge in [0.15, 0.2) is 0 Å². The van der Waals surface area contributed by atoms with Crippen LogP contribution in [-0.4, -0.2) is 25.8 Å². The maximum Gasteiger partial charge on any atom is 0.243 e. The molecule has 0 heterocycles. The average Bonchev–Trinajstić information content (AvgIpc) is 2.43. The van der Waals surface area contributed by atoms with Crippen molar-refractivity contribution in [2.24, 2.45) is 0 Å². The molecule has 0 fully saturated rings. The van der Waals surface area contributed by atoms with Crippen LogP contribution in [0.15, 0.2) is 54.0 Å². The minimum absolute atomic E-state index is 0.291. The van der Waals surface area contributed by atoms with Gasteiger partial charge in [-0.15, -0.1) is 0 Å². The molecule has 1 rings (SSSR count). The smallest absolute Gasteiger partial charge is 0.207 e. The van der Waals surface area contributed by atoms with Crippen molar-refractivity contribution in [3.8, 4) is 0 Å². The van der Waals surface area contributed by atoms with E-state index >= 15 is 0 Å². The van der Waals surface area contributed by atoms with E-state index in [0.717, 1.165) is 18.4 Å². The van der Waals surface area contributed by atoms with Gasteiger partial charge in [0.2, 0.25) is 10.0 Å². The fourth-order valence-corrected chi connectivity index (χ4v) is 3.25. The summed E-state index contributed by atoms with van der Waals surface area (Å²) in [4.78, 5) is 0.330. The highest BCUT2D eigenvalue weighted by Crippen LogP contribution is 2.18. The van der Waals surface area contributed by atoms with Gasteiger partial charge in [-0.25, -0.2) is 8.42 Å². The van der Waals surface area contributed by atoms with Crippen LogP contribution in [0.25, 0.3) is 0 Å². The lowest BCUT2D eigenvalue weighted by atomic mass is 10.2. The predicted octanol–water partition coefficient (Wildman–Crippen LogP) is 3.53. The van der Waals surface area contributed by atoms with E-state index in [0.29, 0.717) is 23.6 Å². The topological polar surface area (TPSA) is 37.4 Å². The van der Waals surface area contributed by atoms with Crippen molar-refractivity contribution in [1.29, 1.82) is 0 Å². The lowest BCUT2D eigenvalue weighted by Gasteiger charge is -2.22. The molecule has 0 aliphatic carbocycles. The average molecular weight is 293 g/mol. The maximum atomic E-state index is 12.7. The molecule has 0 amide bonds. The summed E-state index contributed by atoms with van der Waals surface area (Å²) in [7, 11) is -3.47. The summed E-state index contributed by atoms with van der Waals surface area (Å²) in [5.74, 6) is 0. The number of benzene rings is 1. The van der Waals surface area contributed by atoms with Gasteiger partial charge in [0, 0.05) is 13.1 Å². The standard InChI is InChI=1S/C16H23NO2S/c1-5-7-12-17(13-14(3)6-2)20(18,19)16-10-8-15(4)9-11-16/h6,8-11H,2-3,5,7,12-13H2,1,4H3. The van der Waals surface area contributed by atoms with E-state index in [1.165, 1.54) is 4.31 Å². The molecule has 0 atom stereocenters. The Kier molecular flexibility index (Phi) is 6.17. The third-order valence-corrected chi connectivity index (χ3v) is 4.95. The highest BCUT2D eigenvalue weighted by Gasteiger charge is 2.23. The third-order valence-electron chi connectivity index (χ3n) is 3.09. The number of nitrogens with zero attached hydrogens (tertiary/aromatic N) is 1. The molecular formula is C16H23NO2S. The molecule has 0 bridgehead atoms. The van der Waals surface area contributed by atoms with Crippen molar-refractivity contribution in [3.05, 3.63) is 54.6 Å². The predicted molar refractivity (Wildman–Crippen MR) is 84.2 cm³/mol. The fraction of sp³-hybridized carbons (Fsp3) is 0.375. The first-order valence-electron chi connectivity index (χ1n) is 6.78. The van der Waals surface area contributed by atoms with E-state index in [2.05, 4.69) is 13.2 Å². The van der Waals surface area contributed by atoms with Crippen molar-refractivity contribution < 1.29 is 8.42 Å². The molecule has 0 N–H and O–H groups in total. The Morgan fingerprint density at radius 3 is 2.40 bits per heavy atom. The largest absolute Gasteiger partial charge is 0.243 e. The zero-order valence-electron chi connectivity index (χ0n) is 12.3. The summed E-state index contributed by atoms with van der Waals surface area (Å²) in [5.41, 5.74) is 1.75. The van der Waals surface area contributed by atoms with Crippen molar-refractivity contribution in [1.82, 2.24) is 4.31 Å². The molecule has 0 saturated carbocycles. The molecule has 0 radical (unpaired) electrons. The van der Waals surface area contributed by atoms with Gasteiger partial charge in [-0.3, -0.25) is 0 Å². The van der Waals surface area contributed by atoms with Crippen molar-refractivity contribution in [3.63, 3.8) is 0 Å². The molecule has 4 heteroatoms. The molecule has 110 valence electrons. The fourth-order valence-electron chi connectivity index (χ4n) is 1.77. The molecule has 0 spiro atoms. The van der Waals surface area contributed by atoms with Gasteiger partial charge in [-0.05, 0) is 31.1 Å². The lowest BCUT2D eigenvalue weighted by molar-refractivity contribution is 0.428. The summed E-state index contributed by atoms with van der Waals surface area (Å²) >= 11 is 0. The number of hydrogen-bond donors (Lipinski definition) is 0. The Morgan fingerprint density at radius 1 is 1.30 bits per heavy atom. The Hall–Kier alpha value is -1.39. The van der Waals surface area contributed by atoms with Crippen molar-refractivity contribution in [2.75, 3.05) is 13.1 Å². The molecule has 0 saturated heterocycles. The number of aryl methyl sites for hydroxylation is 1. The zero-order chi connectivity index (χ0) is 15.2. The summed E-state index contributed by atoms with van der Waals surface area (Å²) in [6.07, 6.45) is 3.37. The molecule has 0 aliphatic heterocycles. The van der Waals surface area contributed by atoms with Crippen LogP contribution in [0, 0.1) is 6.92 Å². The van der Waals surface area contributed by atoms with Gasteiger partial charge in [0.1, 0.15) is 0 Å². The Balaban J connectivity index is 3.05. The summed E-state index contributed by atoms with van der Waals surface area (Å²) in [5, 5.41) is 0. The van der Waals surface area contributed by atoms with Gasteiger partial charge < -0.3 is 0 Å². The second-order valence-corrected chi connectivity index (χ2v) is 6.81. The molecule has 20 heavy (non-hydrogen) atoms. The van der Waals surface area contributed by atoms with E-state index < -0.39 is 10.0 Å². The van der Waals surface area contributed by atoms with Gasteiger partial charge >= 0.3 is 0 Å². The minimum Gasteiger partial charge on any atom is -0.207 e. The van der Waals surface area contributed by atoms with Crippen molar-refractivity contribution >= 4 is 10.0 Å². The first kappa shape index (κ1) is 16.7. The van der Waals surface area contributed by atoms with E-state index in [-0.39, 0.29) is 0 Å². The molecule has 3 nitrogen and oxygen atoms in total. The first-order valence-corrected chi connectivity index (χ1v) is 8.23. The normalized spacial score (nSPS) is 11.6. The summed E-state index contributed by atoms with van der Waals surface area (Å²) < 4.78 is 26.8. The van der Waals surface area contributed by atoms with Crippen LogP contribution in [0.1, 0.15) is 25.3 Å². The quantitative estimate of drug-likeness (QED) is 0.688. The molecule has 0 unspecified atom stereocenters. The van der Waals surface area contributed by atoms with Gasteiger partial charge in [0.05, 0.1) is 4.90 Å². The monoisotopic (exact) mass is 293 g/mol. The van der Waals surface area contributed by atoms with Crippen LogP contribution in [0.2, 0.25) is 0 Å². The second kappa shape index (κ2) is 7.41. The van der Waals surface area contributed by atoms with Gasteiger partial charge in [0.25, 0.3) is 0 Å². The van der Waals surface area contributed by atoms with Crippen LogP contribution in [-0.2, 0) is 10.0 Å². The first-order chi connectivity index (χ1) is 9.41. The zero-order valence-corrected chi connectivity index (χ0v) is 13.1. The van der Waals surface area contributed by atoms with E-state index in [1.807, 2.05) is 26.0 Å². The molecular weight excluding hydrogens is 270 g/mol. The van der Waals surface area contributed by atoms with Crippen molar-refractivity contribution in [2.45, 2.75) is 31.6 Å². The highest BCUT2D eigenvalue weighted by molar-refractivity contribution is 7.89. The lowest BCUT2D eigenvalue weighted by Crippen LogP contribution is -2.33. The van der Waals surface area contributed by atoms with E-state index in [9.17, 15) is 8.42 Å². The number of unbranched alkanes of at least 4 members (excludes halogenated alkanes) is 1.